The molecule has 1 aromatic rings. The zero-order valence-electron chi connectivity index (χ0n) is 11.4. The average molecular weight is 274 g/mol. The van der Waals surface area contributed by atoms with Crippen LogP contribution in [0.1, 0.15) is 15.9 Å². The zero-order chi connectivity index (χ0) is 15.1. The molecule has 5 heteroatoms. The van der Waals surface area contributed by atoms with Crippen molar-refractivity contribution in [3.05, 3.63) is 54.6 Å². The maximum atomic E-state index is 12.0. The summed E-state index contributed by atoms with van der Waals surface area (Å²) in [6.45, 7) is 9.65. The van der Waals surface area contributed by atoms with Crippen molar-refractivity contribution in [2.24, 2.45) is 0 Å². The number of benzene rings is 1. The molecule has 0 atom stereocenters. The summed E-state index contributed by atoms with van der Waals surface area (Å²) in [5, 5.41) is 11.7. The van der Waals surface area contributed by atoms with Crippen LogP contribution in [0.25, 0.3) is 0 Å². The highest BCUT2D eigenvalue weighted by Crippen LogP contribution is 2.16. The lowest BCUT2D eigenvalue weighted by Gasteiger charge is -2.20. The molecule has 1 aromatic carbocycles. The van der Waals surface area contributed by atoms with Gasteiger partial charge in [0.05, 0.1) is 5.56 Å². The van der Waals surface area contributed by atoms with Crippen LogP contribution in [0.5, 0.6) is 0 Å². The summed E-state index contributed by atoms with van der Waals surface area (Å²) in [6.07, 6.45) is 3.22. The van der Waals surface area contributed by atoms with Crippen LogP contribution in [0.2, 0.25) is 0 Å². The third-order valence-corrected chi connectivity index (χ3v) is 2.71. The normalized spacial score (nSPS) is 9.65. The SMILES string of the molecule is C=CCN(CC=C)C(=O)Nc1ccc(C)c(C(=O)O)c1. The maximum Gasteiger partial charge on any atom is 0.336 e. The molecular weight excluding hydrogens is 256 g/mol. The summed E-state index contributed by atoms with van der Waals surface area (Å²) >= 11 is 0. The molecule has 0 radical (unpaired) electrons. The largest absolute Gasteiger partial charge is 0.478 e. The first-order valence-electron chi connectivity index (χ1n) is 6.11. The molecule has 0 saturated heterocycles. The molecule has 0 saturated carbocycles. The van der Waals surface area contributed by atoms with E-state index in [1.807, 2.05) is 0 Å². The Labute approximate surface area is 118 Å². The lowest BCUT2D eigenvalue weighted by Crippen LogP contribution is -2.35. The third kappa shape index (κ3) is 3.98. The standard InChI is InChI=1S/C15H18N2O3/c1-4-8-17(9-5-2)15(20)16-12-7-6-11(3)13(10-12)14(18)19/h4-7,10H,1-2,8-9H2,3H3,(H,16,20)(H,18,19). The van der Waals surface area contributed by atoms with Crippen molar-refractivity contribution in [3.8, 4) is 0 Å². The van der Waals surface area contributed by atoms with Crippen LogP contribution in [0, 0.1) is 6.92 Å². The summed E-state index contributed by atoms with van der Waals surface area (Å²) < 4.78 is 0. The van der Waals surface area contributed by atoms with Crippen LogP contribution in [-0.2, 0) is 0 Å². The van der Waals surface area contributed by atoms with Gasteiger partial charge >= 0.3 is 12.0 Å². The molecule has 5 nitrogen and oxygen atoms in total. The number of carboxylic acids is 1. The van der Waals surface area contributed by atoms with Crippen molar-refractivity contribution in [1.29, 1.82) is 0 Å². The van der Waals surface area contributed by atoms with Crippen LogP contribution in [-0.4, -0.2) is 35.1 Å². The summed E-state index contributed by atoms with van der Waals surface area (Å²) in [7, 11) is 0. The van der Waals surface area contributed by atoms with E-state index in [1.54, 1.807) is 31.2 Å². The number of carbonyl (C=O) groups is 2. The fourth-order valence-electron chi connectivity index (χ4n) is 1.68. The van der Waals surface area contributed by atoms with Crippen molar-refractivity contribution in [1.82, 2.24) is 4.90 Å². The van der Waals surface area contributed by atoms with Gasteiger partial charge in [0.2, 0.25) is 0 Å². The lowest BCUT2D eigenvalue weighted by atomic mass is 10.1. The second-order valence-corrected chi connectivity index (χ2v) is 4.25. The van der Waals surface area contributed by atoms with Crippen molar-refractivity contribution in [2.75, 3.05) is 18.4 Å². The average Bonchev–Trinajstić information content (AvgIpc) is 2.40. The van der Waals surface area contributed by atoms with Crippen LogP contribution < -0.4 is 5.32 Å². The second kappa shape index (κ2) is 7.13. The Morgan fingerprint density at radius 1 is 1.30 bits per heavy atom. The van der Waals surface area contributed by atoms with Crippen molar-refractivity contribution in [2.45, 2.75) is 6.92 Å². The van der Waals surface area contributed by atoms with E-state index in [-0.39, 0.29) is 11.6 Å². The number of nitrogens with zero attached hydrogens (tertiary/aromatic N) is 1. The molecule has 2 amide bonds. The van der Waals surface area contributed by atoms with E-state index >= 15 is 0 Å². The molecule has 0 aliphatic rings. The van der Waals surface area contributed by atoms with Gasteiger partial charge in [0.1, 0.15) is 0 Å². The molecule has 0 aliphatic carbocycles. The number of hydrogen-bond acceptors (Lipinski definition) is 2. The smallest absolute Gasteiger partial charge is 0.336 e. The number of amides is 2. The van der Waals surface area contributed by atoms with E-state index in [4.69, 9.17) is 5.11 Å². The predicted molar refractivity (Wildman–Crippen MR) is 79.1 cm³/mol. The number of anilines is 1. The first-order chi connectivity index (χ1) is 9.49. The number of nitrogens with one attached hydrogen (secondary N) is 1. The Kier molecular flexibility index (Phi) is 5.53. The number of carbonyl (C=O) groups excluding carboxylic acids is 1. The van der Waals surface area contributed by atoms with Gasteiger partial charge in [0, 0.05) is 18.8 Å². The Morgan fingerprint density at radius 2 is 1.90 bits per heavy atom. The molecule has 2 N–H and O–H groups in total. The highest BCUT2D eigenvalue weighted by atomic mass is 16.4. The Hall–Kier alpha value is -2.56. The van der Waals surface area contributed by atoms with Crippen LogP contribution in [0.4, 0.5) is 10.5 Å². The van der Waals surface area contributed by atoms with Gasteiger partial charge in [-0.3, -0.25) is 0 Å². The number of hydrogen-bond donors (Lipinski definition) is 2. The minimum atomic E-state index is -1.02. The monoisotopic (exact) mass is 274 g/mol. The van der Waals surface area contributed by atoms with E-state index < -0.39 is 5.97 Å². The van der Waals surface area contributed by atoms with E-state index in [0.29, 0.717) is 24.3 Å². The van der Waals surface area contributed by atoms with Crippen molar-refractivity contribution >= 4 is 17.7 Å². The first-order valence-corrected chi connectivity index (χ1v) is 6.11. The fourth-order valence-corrected chi connectivity index (χ4v) is 1.68. The van der Waals surface area contributed by atoms with Gasteiger partial charge in [-0.25, -0.2) is 9.59 Å². The topological polar surface area (TPSA) is 69.6 Å². The van der Waals surface area contributed by atoms with Crippen LogP contribution >= 0.6 is 0 Å². The summed E-state index contributed by atoms with van der Waals surface area (Å²) in [5.41, 5.74) is 1.25. The Bertz CT molecular complexity index is 528. The first kappa shape index (κ1) is 15.5. The van der Waals surface area contributed by atoms with Crippen molar-refractivity contribution < 1.29 is 14.7 Å². The quantitative estimate of drug-likeness (QED) is 0.784. The predicted octanol–water partition coefficient (Wildman–Crippen LogP) is 2.90. The van der Waals surface area contributed by atoms with Gasteiger partial charge in [0.25, 0.3) is 0 Å². The number of aromatic carboxylic acids is 1. The van der Waals surface area contributed by atoms with Gasteiger partial charge in [0.15, 0.2) is 0 Å². The molecular formula is C15H18N2O3. The van der Waals surface area contributed by atoms with E-state index in [0.717, 1.165) is 0 Å². The zero-order valence-corrected chi connectivity index (χ0v) is 11.4. The number of urea groups is 1. The van der Waals surface area contributed by atoms with Gasteiger partial charge in [-0.2, -0.15) is 0 Å². The minimum Gasteiger partial charge on any atom is -0.478 e. The summed E-state index contributed by atoms with van der Waals surface area (Å²) in [5.74, 6) is -1.02. The fraction of sp³-hybridized carbons (Fsp3) is 0.200. The van der Waals surface area contributed by atoms with Gasteiger partial charge in [-0.1, -0.05) is 18.2 Å². The van der Waals surface area contributed by atoms with Crippen molar-refractivity contribution in [3.63, 3.8) is 0 Å². The third-order valence-electron chi connectivity index (χ3n) is 2.71. The molecule has 0 heterocycles. The van der Waals surface area contributed by atoms with E-state index in [9.17, 15) is 9.59 Å². The summed E-state index contributed by atoms with van der Waals surface area (Å²) in [4.78, 5) is 24.6. The molecule has 0 aliphatic heterocycles. The number of carboxylic acid groups (broad SMARTS) is 1. The van der Waals surface area contributed by atoms with Crippen LogP contribution in [0.15, 0.2) is 43.5 Å². The molecule has 0 aromatic heterocycles. The number of aryl methyl sites for hydroxylation is 1. The Morgan fingerprint density at radius 3 is 2.40 bits per heavy atom. The van der Waals surface area contributed by atoms with E-state index in [2.05, 4.69) is 18.5 Å². The summed E-state index contributed by atoms with van der Waals surface area (Å²) in [6, 6.07) is 4.43. The second-order valence-electron chi connectivity index (χ2n) is 4.25. The minimum absolute atomic E-state index is 0.168. The van der Waals surface area contributed by atoms with Gasteiger partial charge in [-0.05, 0) is 24.6 Å². The highest BCUT2D eigenvalue weighted by Gasteiger charge is 2.13. The number of rotatable bonds is 6. The maximum absolute atomic E-state index is 12.0. The molecule has 20 heavy (non-hydrogen) atoms. The van der Waals surface area contributed by atoms with E-state index in [1.165, 1.54) is 11.0 Å². The molecule has 106 valence electrons. The molecule has 0 unspecified atom stereocenters. The lowest BCUT2D eigenvalue weighted by molar-refractivity contribution is 0.0696. The van der Waals surface area contributed by atoms with Crippen LogP contribution in [0.3, 0.4) is 0 Å². The van der Waals surface area contributed by atoms with Gasteiger partial charge < -0.3 is 15.3 Å². The van der Waals surface area contributed by atoms with Gasteiger partial charge in [-0.15, -0.1) is 13.2 Å². The molecule has 0 fully saturated rings. The highest BCUT2D eigenvalue weighted by molar-refractivity contribution is 5.94. The Balaban J connectivity index is 2.89. The molecule has 0 spiro atoms. The molecule has 0 bridgehead atoms. The molecule has 1 rings (SSSR count).